The van der Waals surface area contributed by atoms with Crippen molar-refractivity contribution >= 4 is 23.4 Å². The highest BCUT2D eigenvalue weighted by molar-refractivity contribution is 7.11. The van der Waals surface area contributed by atoms with Gasteiger partial charge in [0.1, 0.15) is 5.75 Å². The molecule has 0 N–H and O–H groups in total. The Morgan fingerprint density at radius 2 is 2.09 bits per heavy atom. The molecule has 0 aliphatic rings. The Morgan fingerprint density at radius 1 is 1.32 bits per heavy atom. The van der Waals surface area contributed by atoms with E-state index in [-0.39, 0.29) is 5.97 Å². The molecule has 4 nitrogen and oxygen atoms in total. The van der Waals surface area contributed by atoms with Crippen LogP contribution in [-0.2, 0) is 9.53 Å². The van der Waals surface area contributed by atoms with Crippen LogP contribution in [0.25, 0.3) is 17.3 Å². The van der Waals surface area contributed by atoms with Crippen molar-refractivity contribution in [2.75, 3.05) is 13.7 Å². The molecule has 1 aromatic carbocycles. The molecule has 0 saturated carbocycles. The third-order valence-electron chi connectivity index (χ3n) is 3.07. The molecule has 0 saturated heterocycles. The van der Waals surface area contributed by atoms with Crippen molar-refractivity contribution in [1.29, 1.82) is 0 Å². The first kappa shape index (κ1) is 16.2. The molecule has 2 aromatic rings. The Bertz CT molecular complexity index is 632. The highest BCUT2D eigenvalue weighted by atomic mass is 32.1. The quantitative estimate of drug-likeness (QED) is 0.437. The normalized spacial score (nSPS) is 10.8. The molecular formula is C17H19NO3S. The summed E-state index contributed by atoms with van der Waals surface area (Å²) in [4.78, 5) is 16.9. The number of ether oxygens (including phenoxy) is 2. The second-order valence-electron chi connectivity index (χ2n) is 4.65. The molecule has 1 heterocycles. The number of esters is 1. The van der Waals surface area contributed by atoms with E-state index in [0.717, 1.165) is 34.7 Å². The number of benzene rings is 1. The summed E-state index contributed by atoms with van der Waals surface area (Å²) in [5.74, 6) is 0.484. The zero-order valence-electron chi connectivity index (χ0n) is 12.7. The first-order valence-electron chi connectivity index (χ1n) is 7.17. The molecule has 116 valence electrons. The van der Waals surface area contributed by atoms with Crippen molar-refractivity contribution in [3.8, 4) is 17.0 Å². The lowest BCUT2D eigenvalue weighted by Gasteiger charge is -2.02. The van der Waals surface area contributed by atoms with Gasteiger partial charge in [-0.15, -0.1) is 11.3 Å². The molecule has 1 aromatic heterocycles. The fraction of sp³-hybridized carbons (Fsp3) is 0.294. The number of methoxy groups -OCH3 is 1. The number of nitrogens with zero attached hydrogens (tertiary/aromatic N) is 1. The second kappa shape index (κ2) is 8.34. The van der Waals surface area contributed by atoms with Gasteiger partial charge in [0.15, 0.2) is 0 Å². The molecule has 22 heavy (non-hydrogen) atoms. The minimum atomic E-state index is -0.317. The average molecular weight is 317 g/mol. The average Bonchev–Trinajstić information content (AvgIpc) is 3.02. The van der Waals surface area contributed by atoms with Gasteiger partial charge in [0.25, 0.3) is 0 Å². The summed E-state index contributed by atoms with van der Waals surface area (Å²) in [6, 6.07) is 7.68. The van der Waals surface area contributed by atoms with Crippen molar-refractivity contribution in [1.82, 2.24) is 4.98 Å². The van der Waals surface area contributed by atoms with Crippen LogP contribution in [0.5, 0.6) is 5.75 Å². The highest BCUT2D eigenvalue weighted by Gasteiger charge is 2.07. The molecule has 0 aliphatic heterocycles. The second-order valence-corrected chi connectivity index (χ2v) is 5.53. The van der Waals surface area contributed by atoms with Crippen LogP contribution in [0, 0.1) is 0 Å². The Kier molecular flexibility index (Phi) is 6.15. The fourth-order valence-electron chi connectivity index (χ4n) is 1.85. The molecule has 0 spiro atoms. The van der Waals surface area contributed by atoms with Crippen molar-refractivity contribution < 1.29 is 14.3 Å². The molecule has 5 heteroatoms. The van der Waals surface area contributed by atoms with Gasteiger partial charge in [0.05, 0.1) is 29.8 Å². The predicted octanol–water partition coefficient (Wildman–Crippen LogP) is 4.18. The maximum absolute atomic E-state index is 11.6. The molecule has 0 fully saturated rings. The first-order valence-corrected chi connectivity index (χ1v) is 8.05. The first-order chi connectivity index (χ1) is 10.7. The number of carbonyl (C=O) groups is 1. The maximum Gasteiger partial charge on any atom is 0.330 e. The van der Waals surface area contributed by atoms with E-state index in [4.69, 9.17) is 9.47 Å². The van der Waals surface area contributed by atoms with Crippen LogP contribution in [0.4, 0.5) is 0 Å². The molecule has 0 radical (unpaired) electrons. The van der Waals surface area contributed by atoms with Gasteiger partial charge in [-0.3, -0.25) is 0 Å². The van der Waals surface area contributed by atoms with Crippen LogP contribution < -0.4 is 4.74 Å². The van der Waals surface area contributed by atoms with Crippen LogP contribution in [0.15, 0.2) is 35.9 Å². The Balaban J connectivity index is 2.07. The molecule has 0 amide bonds. The lowest BCUT2D eigenvalue weighted by atomic mass is 10.1. The number of hydrogen-bond donors (Lipinski definition) is 0. The van der Waals surface area contributed by atoms with Crippen molar-refractivity contribution in [3.63, 3.8) is 0 Å². The van der Waals surface area contributed by atoms with E-state index in [1.54, 1.807) is 18.7 Å². The third-order valence-corrected chi connectivity index (χ3v) is 3.87. The summed E-state index contributed by atoms with van der Waals surface area (Å²) in [7, 11) is 1.64. The van der Waals surface area contributed by atoms with Crippen LogP contribution in [0.3, 0.4) is 0 Å². The van der Waals surface area contributed by atoms with E-state index in [0.29, 0.717) is 6.61 Å². The fourth-order valence-corrected chi connectivity index (χ4v) is 2.55. The van der Waals surface area contributed by atoms with Crippen LogP contribution in [0.1, 0.15) is 24.6 Å². The largest absolute Gasteiger partial charge is 0.497 e. The minimum absolute atomic E-state index is 0.317. The number of unbranched alkanes of at least 4 members (excludes halogenated alkanes) is 1. The molecule has 0 atom stereocenters. The summed E-state index contributed by atoms with van der Waals surface area (Å²) in [6.45, 7) is 2.52. The standard InChI is InChI=1S/C17H19NO3S/c1-3-4-11-21-16(19)10-9-15-17(18-12-22-15)13-5-7-14(20-2)8-6-13/h5-10,12H,3-4,11H2,1-2H3/b10-9+. The lowest BCUT2D eigenvalue weighted by Crippen LogP contribution is -2.01. The molecule has 0 unspecified atom stereocenters. The molecular weight excluding hydrogens is 298 g/mol. The van der Waals surface area contributed by atoms with Gasteiger partial charge in [-0.1, -0.05) is 13.3 Å². The summed E-state index contributed by atoms with van der Waals surface area (Å²) < 4.78 is 10.2. The van der Waals surface area contributed by atoms with E-state index in [1.165, 1.54) is 17.4 Å². The number of aromatic nitrogens is 1. The third kappa shape index (κ3) is 4.43. The minimum Gasteiger partial charge on any atom is -0.497 e. The Morgan fingerprint density at radius 3 is 2.77 bits per heavy atom. The van der Waals surface area contributed by atoms with Gasteiger partial charge in [0, 0.05) is 11.6 Å². The highest BCUT2D eigenvalue weighted by Crippen LogP contribution is 2.28. The van der Waals surface area contributed by atoms with Crippen molar-refractivity contribution in [2.24, 2.45) is 0 Å². The number of rotatable bonds is 7. The Labute approximate surface area is 134 Å². The van der Waals surface area contributed by atoms with E-state index >= 15 is 0 Å². The smallest absolute Gasteiger partial charge is 0.330 e. The summed E-state index contributed by atoms with van der Waals surface area (Å²) >= 11 is 1.49. The summed E-state index contributed by atoms with van der Waals surface area (Å²) in [5.41, 5.74) is 3.60. The van der Waals surface area contributed by atoms with E-state index in [9.17, 15) is 4.79 Å². The van der Waals surface area contributed by atoms with Gasteiger partial charge < -0.3 is 9.47 Å². The molecule has 2 rings (SSSR count). The van der Waals surface area contributed by atoms with Gasteiger partial charge >= 0.3 is 5.97 Å². The molecule has 0 aliphatic carbocycles. The van der Waals surface area contributed by atoms with Gasteiger partial charge in [0.2, 0.25) is 0 Å². The monoisotopic (exact) mass is 317 g/mol. The van der Waals surface area contributed by atoms with E-state index < -0.39 is 0 Å². The lowest BCUT2D eigenvalue weighted by molar-refractivity contribution is -0.137. The Hall–Kier alpha value is -2.14. The number of thiazole rings is 1. The van der Waals surface area contributed by atoms with Crippen LogP contribution >= 0.6 is 11.3 Å². The number of carbonyl (C=O) groups excluding carboxylic acids is 1. The van der Waals surface area contributed by atoms with Crippen molar-refractivity contribution in [3.05, 3.63) is 40.7 Å². The topological polar surface area (TPSA) is 48.4 Å². The number of hydrogen-bond acceptors (Lipinski definition) is 5. The van der Waals surface area contributed by atoms with Gasteiger partial charge in [-0.05, 0) is 36.8 Å². The predicted molar refractivity (Wildman–Crippen MR) is 89.0 cm³/mol. The zero-order chi connectivity index (χ0) is 15.8. The van der Waals surface area contributed by atoms with Gasteiger partial charge in [-0.2, -0.15) is 0 Å². The van der Waals surface area contributed by atoms with Crippen LogP contribution in [-0.4, -0.2) is 24.7 Å². The summed E-state index contributed by atoms with van der Waals surface area (Å²) in [6.07, 6.45) is 5.10. The van der Waals surface area contributed by atoms with Gasteiger partial charge in [-0.25, -0.2) is 9.78 Å². The van der Waals surface area contributed by atoms with E-state index in [2.05, 4.69) is 11.9 Å². The SMILES string of the molecule is CCCCOC(=O)/C=C/c1scnc1-c1ccc(OC)cc1. The molecule has 0 bridgehead atoms. The summed E-state index contributed by atoms with van der Waals surface area (Å²) in [5, 5.41) is 0. The van der Waals surface area contributed by atoms with Crippen LogP contribution in [0.2, 0.25) is 0 Å². The maximum atomic E-state index is 11.6. The van der Waals surface area contributed by atoms with E-state index in [1.807, 2.05) is 24.3 Å². The van der Waals surface area contributed by atoms with Crippen molar-refractivity contribution in [2.45, 2.75) is 19.8 Å². The zero-order valence-corrected chi connectivity index (χ0v) is 13.6.